The van der Waals surface area contributed by atoms with Gasteiger partial charge in [-0.3, -0.25) is 14.4 Å². The molecule has 34 heavy (non-hydrogen) atoms. The van der Waals surface area contributed by atoms with E-state index in [0.717, 1.165) is 0 Å². The Labute approximate surface area is 198 Å². The normalized spacial score (nSPS) is 10.9. The monoisotopic (exact) mass is 478 g/mol. The van der Waals surface area contributed by atoms with E-state index in [1.165, 1.54) is 16.4 Å². The highest BCUT2D eigenvalue weighted by Crippen LogP contribution is 2.16. The number of fused-ring (bicyclic) bond motifs is 1. The first-order chi connectivity index (χ1) is 16.4. The predicted octanol–water partition coefficient (Wildman–Crippen LogP) is 1.84. The highest BCUT2D eigenvalue weighted by molar-refractivity contribution is 7.99. The second-order valence-corrected chi connectivity index (χ2v) is 8.29. The Morgan fingerprint density at radius 3 is 2.62 bits per heavy atom. The molecule has 0 radical (unpaired) electrons. The third-order valence-electron chi connectivity index (χ3n) is 5.00. The summed E-state index contributed by atoms with van der Waals surface area (Å²) in [5.41, 5.74) is 1.38. The van der Waals surface area contributed by atoms with E-state index in [-0.39, 0.29) is 29.7 Å². The van der Waals surface area contributed by atoms with Gasteiger partial charge in [0.15, 0.2) is 0 Å². The number of benzene rings is 2. The molecule has 0 aliphatic rings. The number of carbonyl (C=O) groups is 2. The molecule has 2 aromatic carbocycles. The van der Waals surface area contributed by atoms with Crippen LogP contribution in [0.15, 0.2) is 58.5 Å². The maximum absolute atomic E-state index is 13.0. The molecule has 0 aliphatic heterocycles. The number of aromatic amines is 1. The van der Waals surface area contributed by atoms with Crippen molar-refractivity contribution in [3.05, 3.63) is 70.3 Å². The van der Waals surface area contributed by atoms with Crippen molar-refractivity contribution >= 4 is 40.2 Å². The van der Waals surface area contributed by atoms with E-state index in [4.69, 9.17) is 0 Å². The fourth-order valence-electron chi connectivity index (χ4n) is 3.27. The molecule has 0 fully saturated rings. The summed E-state index contributed by atoms with van der Waals surface area (Å²) >= 11 is 1.22. The average molecular weight is 479 g/mol. The van der Waals surface area contributed by atoms with E-state index in [2.05, 4.69) is 30.8 Å². The Kier molecular flexibility index (Phi) is 6.97. The number of para-hydroxylation sites is 1. The van der Waals surface area contributed by atoms with Crippen LogP contribution in [-0.4, -0.2) is 59.2 Å². The number of H-pyrrole nitrogens is 1. The second kappa shape index (κ2) is 10.3. The van der Waals surface area contributed by atoms with Crippen LogP contribution >= 0.6 is 11.8 Å². The van der Waals surface area contributed by atoms with E-state index in [9.17, 15) is 14.4 Å². The van der Waals surface area contributed by atoms with Gasteiger partial charge in [-0.05, 0) is 53.7 Å². The zero-order valence-electron chi connectivity index (χ0n) is 18.6. The lowest BCUT2D eigenvalue weighted by Gasteiger charge is -2.20. The van der Waals surface area contributed by atoms with Crippen LogP contribution in [0.25, 0.3) is 10.9 Å². The second-order valence-electron chi connectivity index (χ2n) is 7.35. The van der Waals surface area contributed by atoms with Crippen LogP contribution in [0.1, 0.15) is 23.1 Å². The SMILES string of the molecule is CCN(Cc1nc2ccccc2c(=O)[nH]1)C(=O)c1ccc(NC(=O)CSc2nnnn2C)cc1. The fourth-order valence-corrected chi connectivity index (χ4v) is 3.92. The molecule has 2 aromatic heterocycles. The van der Waals surface area contributed by atoms with Crippen molar-refractivity contribution in [1.82, 2.24) is 35.1 Å². The molecule has 0 spiro atoms. The first kappa shape index (κ1) is 23.1. The number of nitrogens with zero attached hydrogens (tertiary/aromatic N) is 6. The Balaban J connectivity index is 1.39. The number of carbonyl (C=O) groups excluding carboxylic acids is 2. The lowest BCUT2D eigenvalue weighted by molar-refractivity contribution is -0.113. The van der Waals surface area contributed by atoms with Crippen molar-refractivity contribution in [3.8, 4) is 0 Å². The molecule has 12 heteroatoms. The van der Waals surface area contributed by atoms with Gasteiger partial charge in [-0.1, -0.05) is 23.9 Å². The highest BCUT2D eigenvalue weighted by atomic mass is 32.2. The van der Waals surface area contributed by atoms with Gasteiger partial charge in [0.1, 0.15) is 5.82 Å². The third kappa shape index (κ3) is 5.29. The molecule has 4 aromatic rings. The quantitative estimate of drug-likeness (QED) is 0.366. The summed E-state index contributed by atoms with van der Waals surface area (Å²) in [5.74, 6) is 0.142. The van der Waals surface area contributed by atoms with Crippen molar-refractivity contribution in [2.45, 2.75) is 18.6 Å². The third-order valence-corrected chi connectivity index (χ3v) is 6.01. The molecule has 11 nitrogen and oxygen atoms in total. The minimum absolute atomic E-state index is 0.148. The molecule has 0 saturated heterocycles. The van der Waals surface area contributed by atoms with Gasteiger partial charge in [-0.25, -0.2) is 9.67 Å². The smallest absolute Gasteiger partial charge is 0.258 e. The van der Waals surface area contributed by atoms with E-state index in [0.29, 0.717) is 39.7 Å². The number of rotatable bonds is 8. The van der Waals surface area contributed by atoms with E-state index in [1.807, 2.05) is 13.0 Å². The maximum atomic E-state index is 13.0. The summed E-state index contributed by atoms with van der Waals surface area (Å²) < 4.78 is 1.49. The predicted molar refractivity (Wildman–Crippen MR) is 127 cm³/mol. The van der Waals surface area contributed by atoms with Crippen LogP contribution in [0.4, 0.5) is 5.69 Å². The van der Waals surface area contributed by atoms with Crippen molar-refractivity contribution in [2.24, 2.45) is 7.05 Å². The lowest BCUT2D eigenvalue weighted by Crippen LogP contribution is -2.32. The summed E-state index contributed by atoms with van der Waals surface area (Å²) in [5, 5.41) is 14.9. The van der Waals surface area contributed by atoms with E-state index in [1.54, 1.807) is 54.4 Å². The molecular formula is C22H22N8O3S. The molecule has 2 amide bonds. The van der Waals surface area contributed by atoms with Gasteiger partial charge in [-0.15, -0.1) is 5.10 Å². The minimum Gasteiger partial charge on any atom is -0.331 e. The van der Waals surface area contributed by atoms with Gasteiger partial charge in [0.25, 0.3) is 11.5 Å². The van der Waals surface area contributed by atoms with E-state index >= 15 is 0 Å². The zero-order chi connectivity index (χ0) is 24.1. The first-order valence-electron chi connectivity index (χ1n) is 10.5. The average Bonchev–Trinajstić information content (AvgIpc) is 3.26. The Hall–Kier alpha value is -4.06. The minimum atomic E-state index is -0.238. The molecule has 0 atom stereocenters. The number of hydrogen-bond acceptors (Lipinski definition) is 8. The summed E-state index contributed by atoms with van der Waals surface area (Å²) in [6.07, 6.45) is 0. The number of aromatic nitrogens is 6. The largest absolute Gasteiger partial charge is 0.331 e. The molecular weight excluding hydrogens is 456 g/mol. The molecule has 0 unspecified atom stereocenters. The number of aryl methyl sites for hydroxylation is 1. The van der Waals surface area contributed by atoms with Crippen LogP contribution in [0.2, 0.25) is 0 Å². The summed E-state index contributed by atoms with van der Waals surface area (Å²) in [7, 11) is 1.70. The molecule has 0 saturated carbocycles. The van der Waals surface area contributed by atoms with Gasteiger partial charge >= 0.3 is 0 Å². The molecule has 4 rings (SSSR count). The Morgan fingerprint density at radius 2 is 1.91 bits per heavy atom. The Bertz CT molecular complexity index is 1380. The van der Waals surface area contributed by atoms with Crippen molar-refractivity contribution in [3.63, 3.8) is 0 Å². The number of nitrogens with one attached hydrogen (secondary N) is 2. The van der Waals surface area contributed by atoms with Gasteiger partial charge in [-0.2, -0.15) is 0 Å². The van der Waals surface area contributed by atoms with Gasteiger partial charge in [0.2, 0.25) is 11.1 Å². The van der Waals surface area contributed by atoms with Crippen LogP contribution in [0, 0.1) is 0 Å². The summed E-state index contributed by atoms with van der Waals surface area (Å²) in [6.45, 7) is 2.46. The summed E-state index contributed by atoms with van der Waals surface area (Å²) in [4.78, 5) is 46.4. The summed E-state index contributed by atoms with van der Waals surface area (Å²) in [6, 6.07) is 13.7. The van der Waals surface area contributed by atoms with Gasteiger partial charge in [0, 0.05) is 24.8 Å². The molecule has 0 aliphatic carbocycles. The maximum Gasteiger partial charge on any atom is 0.258 e. The Morgan fingerprint density at radius 1 is 1.15 bits per heavy atom. The molecule has 0 bridgehead atoms. The van der Waals surface area contributed by atoms with Crippen LogP contribution in [0.3, 0.4) is 0 Å². The van der Waals surface area contributed by atoms with E-state index < -0.39 is 0 Å². The van der Waals surface area contributed by atoms with Gasteiger partial charge < -0.3 is 15.2 Å². The molecule has 2 heterocycles. The fraction of sp³-hybridized carbons (Fsp3) is 0.227. The number of thioether (sulfide) groups is 1. The standard InChI is InChI=1S/C22H22N8O3S/c1-3-30(12-18-24-17-7-5-4-6-16(17)20(32)25-18)21(33)14-8-10-15(11-9-14)23-19(31)13-34-22-26-27-28-29(22)2/h4-11H,3,12-13H2,1-2H3,(H,23,31)(H,24,25,32). The van der Waals surface area contributed by atoms with Crippen molar-refractivity contribution in [2.75, 3.05) is 17.6 Å². The van der Waals surface area contributed by atoms with Crippen LogP contribution in [0.5, 0.6) is 0 Å². The van der Waals surface area contributed by atoms with Crippen LogP contribution < -0.4 is 10.9 Å². The molecule has 2 N–H and O–H groups in total. The van der Waals surface area contributed by atoms with Crippen LogP contribution in [-0.2, 0) is 18.4 Å². The number of amides is 2. The molecule has 174 valence electrons. The van der Waals surface area contributed by atoms with Crippen molar-refractivity contribution in [1.29, 1.82) is 0 Å². The first-order valence-corrected chi connectivity index (χ1v) is 11.5. The van der Waals surface area contributed by atoms with Crippen molar-refractivity contribution < 1.29 is 9.59 Å². The number of anilines is 1. The zero-order valence-corrected chi connectivity index (χ0v) is 19.4. The number of hydrogen-bond donors (Lipinski definition) is 2. The highest BCUT2D eigenvalue weighted by Gasteiger charge is 2.17. The number of tetrazole rings is 1. The van der Waals surface area contributed by atoms with Gasteiger partial charge in [0.05, 0.1) is 23.2 Å². The lowest BCUT2D eigenvalue weighted by atomic mass is 10.1. The topological polar surface area (TPSA) is 139 Å².